The molecule has 2 amide bonds. The zero-order valence-corrected chi connectivity index (χ0v) is 23.8. The van der Waals surface area contributed by atoms with Gasteiger partial charge in [0.2, 0.25) is 11.9 Å². The Bertz CT molecular complexity index is 1240. The molecule has 0 unspecified atom stereocenters. The van der Waals surface area contributed by atoms with Crippen molar-refractivity contribution >= 4 is 35.5 Å². The number of hydroxylamine groups is 2. The number of guanidine groups is 2. The highest BCUT2D eigenvalue weighted by Gasteiger charge is 2.20. The van der Waals surface area contributed by atoms with Gasteiger partial charge in [0.1, 0.15) is 0 Å². The van der Waals surface area contributed by atoms with Crippen LogP contribution in [0.3, 0.4) is 0 Å². The molecule has 216 valence electrons. The fourth-order valence-electron chi connectivity index (χ4n) is 3.71. The van der Waals surface area contributed by atoms with Crippen LogP contribution in [0.15, 0.2) is 46.4 Å². The molecule has 4 N–H and O–H groups in total. The molecule has 0 spiro atoms. The standard InChI is InChI=1S/C28H38N6O6/c1-7-37-27(35)31-25(33-39-16-17(3)4)29-21-9-11-23-19(14-21)13-20-15-22(10-12-24(20)23)30-26(34-40-18(5)6)32-28(36)38-8-2/h9-12,14-15,17-18H,7-8,13,16H2,1-6H3,(H2,29,31,33,35)(H2,30,32,34,36). The summed E-state index contributed by atoms with van der Waals surface area (Å²) in [4.78, 5) is 43.8. The number of hydrogen-bond donors (Lipinski definition) is 4. The van der Waals surface area contributed by atoms with Crippen molar-refractivity contribution < 1.29 is 28.7 Å². The maximum Gasteiger partial charge on any atom is 0.414 e. The molecule has 1 aliphatic carbocycles. The lowest BCUT2D eigenvalue weighted by molar-refractivity contribution is 0.0310. The van der Waals surface area contributed by atoms with Gasteiger partial charge in [-0.2, -0.15) is 0 Å². The number of nitrogens with zero attached hydrogens (tertiary/aromatic N) is 2. The van der Waals surface area contributed by atoms with E-state index in [1.807, 2.05) is 64.1 Å². The van der Waals surface area contributed by atoms with Crippen LogP contribution in [0.1, 0.15) is 52.7 Å². The fourth-order valence-corrected chi connectivity index (χ4v) is 3.71. The Kier molecular flexibility index (Phi) is 11.3. The molecule has 40 heavy (non-hydrogen) atoms. The lowest BCUT2D eigenvalue weighted by Crippen LogP contribution is -2.42. The van der Waals surface area contributed by atoms with E-state index in [9.17, 15) is 9.59 Å². The molecule has 0 saturated heterocycles. The monoisotopic (exact) mass is 554 g/mol. The predicted octanol–water partition coefficient (Wildman–Crippen LogP) is 4.83. The van der Waals surface area contributed by atoms with Gasteiger partial charge >= 0.3 is 12.2 Å². The fraction of sp³-hybridized carbons (Fsp3) is 0.429. The summed E-state index contributed by atoms with van der Waals surface area (Å²) in [6.45, 7) is 12.1. The van der Waals surface area contributed by atoms with E-state index in [1.54, 1.807) is 13.8 Å². The summed E-state index contributed by atoms with van der Waals surface area (Å²) in [5.74, 6) is 0.539. The molecule has 0 fully saturated rings. The minimum atomic E-state index is -0.635. The Labute approximate surface area is 234 Å². The number of benzene rings is 2. The van der Waals surface area contributed by atoms with E-state index in [2.05, 4.69) is 31.6 Å². The van der Waals surface area contributed by atoms with Crippen LogP contribution in [0.5, 0.6) is 0 Å². The number of rotatable bonds is 9. The quantitative estimate of drug-likeness (QED) is 0.167. The van der Waals surface area contributed by atoms with E-state index in [0.29, 0.717) is 30.3 Å². The third kappa shape index (κ3) is 9.24. The third-order valence-corrected chi connectivity index (χ3v) is 5.30. The lowest BCUT2D eigenvalue weighted by Gasteiger charge is -2.13. The van der Waals surface area contributed by atoms with Gasteiger partial charge in [-0.1, -0.05) is 26.0 Å². The van der Waals surface area contributed by atoms with Crippen molar-refractivity contribution in [1.29, 1.82) is 0 Å². The van der Waals surface area contributed by atoms with Crippen LogP contribution in [0.4, 0.5) is 21.0 Å². The van der Waals surface area contributed by atoms with Gasteiger partial charge in [0.25, 0.3) is 0 Å². The molecule has 3 rings (SSSR count). The van der Waals surface area contributed by atoms with Crippen molar-refractivity contribution in [3.63, 3.8) is 0 Å². The summed E-state index contributed by atoms with van der Waals surface area (Å²) in [6.07, 6.45) is -0.742. The highest BCUT2D eigenvalue weighted by molar-refractivity contribution is 5.95. The van der Waals surface area contributed by atoms with Crippen molar-refractivity contribution in [3.05, 3.63) is 47.5 Å². The summed E-state index contributed by atoms with van der Waals surface area (Å²) in [6, 6.07) is 11.6. The molecule has 12 heteroatoms. The van der Waals surface area contributed by atoms with E-state index >= 15 is 0 Å². The normalized spacial score (nSPS) is 12.6. The second kappa shape index (κ2) is 14.8. The summed E-state index contributed by atoms with van der Waals surface area (Å²) in [5, 5.41) is 5.13. The SMILES string of the molecule is CCOC(=O)NC(=Nc1ccc2c(c1)Cc1cc(N=C(NOC(C)C)NC(=O)OCC)ccc1-2)NOCC(C)C. The molecule has 1 aliphatic rings. The van der Waals surface area contributed by atoms with Crippen LogP contribution >= 0.6 is 0 Å². The van der Waals surface area contributed by atoms with Gasteiger partial charge in [-0.3, -0.25) is 20.3 Å². The van der Waals surface area contributed by atoms with Crippen molar-refractivity contribution in [2.45, 2.75) is 54.1 Å². The van der Waals surface area contributed by atoms with Crippen LogP contribution in [0.2, 0.25) is 0 Å². The largest absolute Gasteiger partial charge is 0.450 e. The summed E-state index contributed by atoms with van der Waals surface area (Å²) in [5.41, 5.74) is 11.0. The van der Waals surface area contributed by atoms with E-state index in [1.165, 1.54) is 0 Å². The van der Waals surface area contributed by atoms with Gasteiger partial charge in [-0.05, 0) is 86.6 Å². The van der Waals surface area contributed by atoms with Crippen molar-refractivity contribution in [2.24, 2.45) is 15.9 Å². The molecule has 0 radical (unpaired) electrons. The summed E-state index contributed by atoms with van der Waals surface area (Å²) in [7, 11) is 0. The van der Waals surface area contributed by atoms with Crippen LogP contribution in [0.25, 0.3) is 11.1 Å². The Hall–Kier alpha value is -4.16. The van der Waals surface area contributed by atoms with Crippen molar-refractivity contribution in [3.8, 4) is 11.1 Å². The first-order valence-electron chi connectivity index (χ1n) is 13.3. The third-order valence-electron chi connectivity index (χ3n) is 5.30. The molecule has 2 aromatic carbocycles. The molecular formula is C28H38N6O6. The second-order valence-corrected chi connectivity index (χ2v) is 9.55. The topological polar surface area (TPSA) is 144 Å². The maximum absolute atomic E-state index is 12.0. The first kappa shape index (κ1) is 30.4. The minimum absolute atomic E-state index is 0.119. The highest BCUT2D eigenvalue weighted by Crippen LogP contribution is 2.40. The number of fused-ring (bicyclic) bond motifs is 3. The molecule has 0 atom stereocenters. The Morgan fingerprint density at radius 3 is 1.75 bits per heavy atom. The molecule has 0 aliphatic heterocycles. The molecule has 0 aromatic heterocycles. The molecule has 0 heterocycles. The number of hydrogen-bond acceptors (Lipinski definition) is 8. The Morgan fingerprint density at radius 2 is 1.30 bits per heavy atom. The zero-order valence-electron chi connectivity index (χ0n) is 23.8. The number of alkyl carbamates (subject to hydrolysis) is 2. The molecule has 12 nitrogen and oxygen atoms in total. The van der Waals surface area contributed by atoms with Crippen LogP contribution < -0.4 is 21.6 Å². The molecular weight excluding hydrogens is 516 g/mol. The van der Waals surface area contributed by atoms with E-state index in [4.69, 9.17) is 19.1 Å². The van der Waals surface area contributed by atoms with E-state index in [-0.39, 0.29) is 31.2 Å². The van der Waals surface area contributed by atoms with Gasteiger partial charge in [-0.25, -0.2) is 30.5 Å². The first-order chi connectivity index (χ1) is 19.2. The van der Waals surface area contributed by atoms with Crippen molar-refractivity contribution in [2.75, 3.05) is 19.8 Å². The number of carbonyl (C=O) groups excluding carboxylic acids is 2. The smallest absolute Gasteiger partial charge is 0.414 e. The van der Waals surface area contributed by atoms with Crippen LogP contribution in [-0.2, 0) is 25.6 Å². The van der Waals surface area contributed by atoms with Crippen LogP contribution in [-0.4, -0.2) is 50.0 Å². The second-order valence-electron chi connectivity index (χ2n) is 9.55. The van der Waals surface area contributed by atoms with Gasteiger partial charge in [0.05, 0.1) is 37.3 Å². The van der Waals surface area contributed by atoms with E-state index < -0.39 is 12.2 Å². The highest BCUT2D eigenvalue weighted by atomic mass is 16.7. The number of carbonyl (C=O) groups is 2. The lowest BCUT2D eigenvalue weighted by atomic mass is 10.1. The Morgan fingerprint density at radius 1 is 0.800 bits per heavy atom. The van der Waals surface area contributed by atoms with Gasteiger partial charge in [0, 0.05) is 0 Å². The summed E-state index contributed by atoms with van der Waals surface area (Å²) >= 11 is 0. The summed E-state index contributed by atoms with van der Waals surface area (Å²) < 4.78 is 9.93. The number of ether oxygens (including phenoxy) is 2. The first-order valence-corrected chi connectivity index (χ1v) is 13.3. The van der Waals surface area contributed by atoms with Crippen molar-refractivity contribution in [1.82, 2.24) is 21.6 Å². The maximum atomic E-state index is 12.0. The van der Waals surface area contributed by atoms with Crippen LogP contribution in [0, 0.1) is 5.92 Å². The van der Waals surface area contributed by atoms with E-state index in [0.717, 1.165) is 22.3 Å². The van der Waals surface area contributed by atoms with Gasteiger partial charge in [0.15, 0.2) is 0 Å². The number of aliphatic imine (C=N–C) groups is 2. The minimum Gasteiger partial charge on any atom is -0.450 e. The molecule has 0 bridgehead atoms. The average Bonchev–Trinajstić information content (AvgIpc) is 3.24. The predicted molar refractivity (Wildman–Crippen MR) is 152 cm³/mol. The zero-order chi connectivity index (χ0) is 29.1. The Balaban J connectivity index is 1.81. The average molecular weight is 555 g/mol. The number of nitrogens with one attached hydrogen (secondary N) is 4. The van der Waals surface area contributed by atoms with Gasteiger partial charge < -0.3 is 9.47 Å². The number of amides is 2. The molecule has 0 saturated carbocycles. The van der Waals surface area contributed by atoms with Gasteiger partial charge in [-0.15, -0.1) is 0 Å². The molecule has 2 aromatic rings.